The van der Waals surface area contributed by atoms with Crippen molar-refractivity contribution in [3.63, 3.8) is 0 Å². The summed E-state index contributed by atoms with van der Waals surface area (Å²) in [6.07, 6.45) is 4.08. The Morgan fingerprint density at radius 2 is 1.70 bits per heavy atom. The van der Waals surface area contributed by atoms with Crippen molar-refractivity contribution in [3.05, 3.63) is 95.8 Å². The molecule has 2 heterocycles. The fourth-order valence-corrected chi connectivity index (χ4v) is 4.31. The summed E-state index contributed by atoms with van der Waals surface area (Å²) < 4.78 is 0. The number of pyridine rings is 1. The zero-order chi connectivity index (χ0) is 21.1. The lowest BCUT2D eigenvalue weighted by Crippen LogP contribution is -2.44. The van der Waals surface area contributed by atoms with Gasteiger partial charge in [0.15, 0.2) is 0 Å². The molecule has 0 spiro atoms. The van der Waals surface area contributed by atoms with E-state index < -0.39 is 5.41 Å². The van der Waals surface area contributed by atoms with E-state index in [-0.39, 0.29) is 18.2 Å². The molecule has 1 atom stereocenters. The molecule has 0 bridgehead atoms. The highest BCUT2D eigenvalue weighted by atomic mass is 16.2. The van der Waals surface area contributed by atoms with E-state index >= 15 is 0 Å². The Kier molecular flexibility index (Phi) is 5.36. The number of hydrogen-bond acceptors (Lipinski definition) is 3. The lowest BCUT2D eigenvalue weighted by Gasteiger charge is -2.30. The monoisotopic (exact) mass is 399 g/mol. The van der Waals surface area contributed by atoms with Crippen LogP contribution in [0.4, 0.5) is 5.69 Å². The van der Waals surface area contributed by atoms with Crippen LogP contribution in [0.25, 0.3) is 0 Å². The molecule has 1 aliphatic rings. The first-order chi connectivity index (χ1) is 14.5. The normalized spacial score (nSPS) is 17.7. The van der Waals surface area contributed by atoms with Gasteiger partial charge in [-0.25, -0.2) is 0 Å². The molecule has 0 saturated heterocycles. The predicted molar refractivity (Wildman–Crippen MR) is 117 cm³/mol. The third kappa shape index (κ3) is 3.59. The summed E-state index contributed by atoms with van der Waals surface area (Å²) in [5.41, 5.74) is 2.89. The second-order valence-electron chi connectivity index (χ2n) is 7.91. The molecule has 0 radical (unpaired) electrons. The number of carbonyl (C=O) groups excluding carboxylic acids is 2. The lowest BCUT2D eigenvalue weighted by molar-refractivity contribution is -0.135. The molecular formula is C25H25N3O2. The molecular weight excluding hydrogens is 374 g/mol. The Labute approximate surface area is 177 Å². The molecule has 2 aromatic carbocycles. The molecule has 1 aliphatic heterocycles. The first-order valence-corrected chi connectivity index (χ1v) is 10.1. The van der Waals surface area contributed by atoms with E-state index in [0.29, 0.717) is 13.0 Å². The van der Waals surface area contributed by atoms with Gasteiger partial charge in [0.05, 0.1) is 5.41 Å². The summed E-state index contributed by atoms with van der Waals surface area (Å²) in [5, 5.41) is 0. The van der Waals surface area contributed by atoms with Crippen LogP contribution in [0.2, 0.25) is 0 Å². The van der Waals surface area contributed by atoms with Crippen molar-refractivity contribution in [3.8, 4) is 0 Å². The number of benzene rings is 2. The summed E-state index contributed by atoms with van der Waals surface area (Å²) in [6.45, 7) is 0.458. The molecule has 0 N–H and O–H groups in total. The summed E-state index contributed by atoms with van der Waals surface area (Å²) in [4.78, 5) is 34.3. The van der Waals surface area contributed by atoms with Gasteiger partial charge < -0.3 is 9.80 Å². The minimum absolute atomic E-state index is 0.0318. The van der Waals surface area contributed by atoms with Crippen molar-refractivity contribution in [2.45, 2.75) is 24.8 Å². The quantitative estimate of drug-likeness (QED) is 0.637. The highest BCUT2D eigenvalue weighted by molar-refractivity contribution is 6.09. The Balaban J connectivity index is 1.68. The predicted octanol–water partition coefficient (Wildman–Crippen LogP) is 3.59. The van der Waals surface area contributed by atoms with Gasteiger partial charge in [-0.15, -0.1) is 0 Å². The zero-order valence-corrected chi connectivity index (χ0v) is 17.3. The number of fused-ring (bicyclic) bond motifs is 1. The van der Waals surface area contributed by atoms with Gasteiger partial charge in [-0.1, -0.05) is 54.6 Å². The fraction of sp³-hybridized carbons (Fsp3) is 0.240. The van der Waals surface area contributed by atoms with E-state index in [1.54, 1.807) is 36.3 Å². The number of para-hydroxylation sites is 1. The van der Waals surface area contributed by atoms with Crippen LogP contribution in [0.15, 0.2) is 79.1 Å². The van der Waals surface area contributed by atoms with E-state index in [4.69, 9.17) is 0 Å². The number of rotatable bonds is 6. The van der Waals surface area contributed by atoms with Gasteiger partial charge in [0, 0.05) is 45.1 Å². The van der Waals surface area contributed by atoms with E-state index in [9.17, 15) is 9.59 Å². The second kappa shape index (κ2) is 8.11. The number of anilines is 1. The maximum Gasteiger partial charge on any atom is 0.238 e. The van der Waals surface area contributed by atoms with Crippen LogP contribution >= 0.6 is 0 Å². The van der Waals surface area contributed by atoms with Crippen molar-refractivity contribution in [2.75, 3.05) is 19.0 Å². The fourth-order valence-electron chi connectivity index (χ4n) is 4.31. The average Bonchev–Trinajstić information content (AvgIpc) is 2.97. The van der Waals surface area contributed by atoms with Crippen molar-refractivity contribution in [1.82, 2.24) is 9.88 Å². The summed E-state index contributed by atoms with van der Waals surface area (Å²) in [5.74, 6) is -0.0936. The molecule has 0 fully saturated rings. The van der Waals surface area contributed by atoms with Crippen LogP contribution in [-0.2, 0) is 28.0 Å². The number of likely N-dealkylation sites (N-methyl/N-ethyl adjacent to an activating group) is 1. The minimum atomic E-state index is -0.910. The van der Waals surface area contributed by atoms with Gasteiger partial charge in [-0.05, 0) is 35.2 Å². The number of hydrogen-bond donors (Lipinski definition) is 0. The number of amides is 2. The van der Waals surface area contributed by atoms with Crippen molar-refractivity contribution < 1.29 is 9.59 Å². The third-order valence-corrected chi connectivity index (χ3v) is 5.87. The molecule has 5 nitrogen and oxygen atoms in total. The molecule has 3 aromatic rings. The van der Waals surface area contributed by atoms with Gasteiger partial charge in [0.2, 0.25) is 11.8 Å². The molecule has 0 aliphatic carbocycles. The minimum Gasteiger partial charge on any atom is -0.341 e. The van der Waals surface area contributed by atoms with Crippen LogP contribution in [0.3, 0.4) is 0 Å². The summed E-state index contributed by atoms with van der Waals surface area (Å²) in [7, 11) is 3.57. The smallest absolute Gasteiger partial charge is 0.238 e. The highest BCUT2D eigenvalue weighted by Gasteiger charge is 2.51. The second-order valence-corrected chi connectivity index (χ2v) is 7.91. The Morgan fingerprint density at radius 1 is 1.00 bits per heavy atom. The molecule has 1 unspecified atom stereocenters. The maximum atomic E-state index is 13.6. The molecule has 152 valence electrons. The SMILES string of the molecule is CN(Cc1cccnc1)C(=O)CC1(Cc2ccccc2)C(=O)N(C)c2ccccc21. The lowest BCUT2D eigenvalue weighted by atomic mass is 9.73. The van der Waals surface area contributed by atoms with Gasteiger partial charge in [-0.3, -0.25) is 14.6 Å². The van der Waals surface area contributed by atoms with Gasteiger partial charge in [0.25, 0.3) is 0 Å². The zero-order valence-electron chi connectivity index (χ0n) is 17.3. The maximum absolute atomic E-state index is 13.6. The van der Waals surface area contributed by atoms with Crippen LogP contribution in [0.5, 0.6) is 0 Å². The first-order valence-electron chi connectivity index (χ1n) is 10.1. The topological polar surface area (TPSA) is 53.5 Å². The Bertz CT molecular complexity index is 1050. The van der Waals surface area contributed by atoms with E-state index in [0.717, 1.165) is 22.4 Å². The van der Waals surface area contributed by atoms with Crippen LogP contribution in [0, 0.1) is 0 Å². The number of aromatic nitrogens is 1. The van der Waals surface area contributed by atoms with E-state index in [1.807, 2.05) is 66.7 Å². The third-order valence-electron chi connectivity index (χ3n) is 5.87. The van der Waals surface area contributed by atoms with Gasteiger partial charge in [0.1, 0.15) is 0 Å². The van der Waals surface area contributed by atoms with Gasteiger partial charge in [-0.2, -0.15) is 0 Å². The van der Waals surface area contributed by atoms with Crippen LogP contribution in [0.1, 0.15) is 23.1 Å². The molecule has 30 heavy (non-hydrogen) atoms. The standard InChI is InChI=1S/C25H25N3O2/c1-27(18-20-11-8-14-26-17-20)23(29)16-25(15-19-9-4-3-5-10-19)21-12-6-7-13-22(21)28(2)24(25)30/h3-14,17H,15-16,18H2,1-2H3. The highest BCUT2D eigenvalue weighted by Crippen LogP contribution is 2.45. The average molecular weight is 399 g/mol. The Hall–Kier alpha value is -3.47. The molecule has 1 aromatic heterocycles. The molecule has 0 saturated carbocycles. The van der Waals surface area contributed by atoms with Crippen molar-refractivity contribution >= 4 is 17.5 Å². The Morgan fingerprint density at radius 3 is 2.43 bits per heavy atom. The van der Waals surface area contributed by atoms with E-state index in [2.05, 4.69) is 4.98 Å². The van der Waals surface area contributed by atoms with Crippen molar-refractivity contribution in [1.29, 1.82) is 0 Å². The van der Waals surface area contributed by atoms with Crippen LogP contribution in [-0.4, -0.2) is 35.8 Å². The van der Waals surface area contributed by atoms with Crippen molar-refractivity contribution in [2.24, 2.45) is 0 Å². The van der Waals surface area contributed by atoms with E-state index in [1.165, 1.54) is 0 Å². The molecule has 4 rings (SSSR count). The largest absolute Gasteiger partial charge is 0.341 e. The molecule has 2 amide bonds. The van der Waals surface area contributed by atoms with Gasteiger partial charge >= 0.3 is 0 Å². The van der Waals surface area contributed by atoms with Crippen LogP contribution < -0.4 is 4.90 Å². The summed E-state index contributed by atoms with van der Waals surface area (Å²) >= 11 is 0. The summed E-state index contributed by atoms with van der Waals surface area (Å²) in [6, 6.07) is 21.5. The number of carbonyl (C=O) groups is 2. The first kappa shape index (κ1) is 19.8. The molecule has 5 heteroatoms. The number of nitrogens with zero attached hydrogens (tertiary/aromatic N) is 3.